The summed E-state index contributed by atoms with van der Waals surface area (Å²) in [6.07, 6.45) is -2.46. The fraction of sp³-hybridized carbons (Fsp3) is 0.211. The first kappa shape index (κ1) is 16.3. The average molecular weight is 331 g/mol. The molecule has 1 atom stereocenters. The van der Waals surface area contributed by atoms with Gasteiger partial charge in [0.1, 0.15) is 5.41 Å². The van der Waals surface area contributed by atoms with Crippen LogP contribution in [0.15, 0.2) is 61.2 Å². The highest BCUT2D eigenvalue weighted by molar-refractivity contribution is 6.10. The molecule has 0 radical (unpaired) electrons. The van der Waals surface area contributed by atoms with Crippen LogP contribution < -0.4 is 4.90 Å². The molecular formula is C19H16F3NO. The number of hydrogen-bond acceptors (Lipinski definition) is 1. The zero-order chi connectivity index (χ0) is 17.5. The predicted molar refractivity (Wildman–Crippen MR) is 86.9 cm³/mol. The van der Waals surface area contributed by atoms with Gasteiger partial charge in [-0.1, -0.05) is 36.4 Å². The van der Waals surface area contributed by atoms with Gasteiger partial charge >= 0.3 is 6.18 Å². The highest BCUT2D eigenvalue weighted by atomic mass is 19.4. The number of amides is 1. The van der Waals surface area contributed by atoms with Crippen molar-refractivity contribution in [2.45, 2.75) is 18.0 Å². The van der Waals surface area contributed by atoms with Crippen LogP contribution in [0.3, 0.4) is 0 Å². The fourth-order valence-electron chi connectivity index (χ4n) is 3.39. The van der Waals surface area contributed by atoms with Crippen molar-refractivity contribution in [2.24, 2.45) is 0 Å². The van der Waals surface area contributed by atoms with Gasteiger partial charge in [-0.15, -0.1) is 6.58 Å². The third kappa shape index (κ3) is 2.23. The summed E-state index contributed by atoms with van der Waals surface area (Å²) in [5, 5.41) is 0. The number of rotatable bonds is 3. The normalized spacial score (nSPS) is 20.2. The Hall–Kier alpha value is -2.56. The van der Waals surface area contributed by atoms with Crippen LogP contribution in [-0.4, -0.2) is 13.0 Å². The second kappa shape index (κ2) is 5.51. The molecule has 0 bridgehead atoms. The Morgan fingerprint density at radius 1 is 1.12 bits per heavy atom. The summed E-state index contributed by atoms with van der Waals surface area (Å²) in [5.74, 6) is -0.164. The summed E-state index contributed by atoms with van der Waals surface area (Å²) in [7, 11) is 1.68. The van der Waals surface area contributed by atoms with Gasteiger partial charge < -0.3 is 4.90 Å². The van der Waals surface area contributed by atoms with E-state index in [0.717, 1.165) is 23.4 Å². The topological polar surface area (TPSA) is 20.3 Å². The molecule has 0 aliphatic carbocycles. The number of carbonyl (C=O) groups excluding carboxylic acids is 1. The molecule has 0 N–H and O–H groups in total. The standard InChI is InChI=1S/C19H16F3NO/c1-3-12-18(13-8-10-14(11-9-13)19(20,21)22)15-6-4-5-7-16(15)23(2)17(18)24/h3-11H,1,12H2,2H3. The van der Waals surface area contributed by atoms with E-state index in [1.807, 2.05) is 24.3 Å². The molecule has 0 saturated heterocycles. The smallest absolute Gasteiger partial charge is 0.314 e. The number of likely N-dealkylation sites (N-methyl/N-ethyl adjacent to an activating group) is 1. The van der Waals surface area contributed by atoms with E-state index in [0.29, 0.717) is 12.0 Å². The Morgan fingerprint density at radius 2 is 1.75 bits per heavy atom. The van der Waals surface area contributed by atoms with E-state index >= 15 is 0 Å². The predicted octanol–water partition coefficient (Wildman–Crippen LogP) is 4.54. The maximum Gasteiger partial charge on any atom is 0.416 e. The number of para-hydroxylation sites is 1. The van der Waals surface area contributed by atoms with E-state index in [1.54, 1.807) is 18.0 Å². The van der Waals surface area contributed by atoms with Crippen LogP contribution in [0.25, 0.3) is 0 Å². The lowest BCUT2D eigenvalue weighted by Crippen LogP contribution is -2.39. The summed E-state index contributed by atoms with van der Waals surface area (Å²) in [5.41, 5.74) is 0.336. The number of fused-ring (bicyclic) bond motifs is 1. The zero-order valence-electron chi connectivity index (χ0n) is 13.1. The molecule has 0 saturated carbocycles. The molecule has 1 aliphatic rings. The third-order valence-corrected chi connectivity index (χ3v) is 4.55. The minimum absolute atomic E-state index is 0.164. The van der Waals surface area contributed by atoms with Crippen molar-refractivity contribution < 1.29 is 18.0 Å². The summed E-state index contributed by atoms with van der Waals surface area (Å²) in [6, 6.07) is 12.2. The first-order valence-corrected chi connectivity index (χ1v) is 7.48. The number of anilines is 1. The van der Waals surface area contributed by atoms with E-state index in [2.05, 4.69) is 6.58 Å². The zero-order valence-corrected chi connectivity index (χ0v) is 13.1. The first-order chi connectivity index (χ1) is 11.3. The number of halogens is 3. The van der Waals surface area contributed by atoms with Gasteiger partial charge in [-0.3, -0.25) is 4.79 Å². The number of hydrogen-bond donors (Lipinski definition) is 0. The molecule has 1 unspecified atom stereocenters. The molecule has 0 spiro atoms. The fourth-order valence-corrected chi connectivity index (χ4v) is 3.39. The number of allylic oxidation sites excluding steroid dienone is 1. The minimum Gasteiger partial charge on any atom is -0.314 e. The highest BCUT2D eigenvalue weighted by Gasteiger charge is 2.50. The SMILES string of the molecule is C=CCC1(c2ccc(C(F)(F)F)cc2)C(=O)N(C)c2ccccc21. The van der Waals surface area contributed by atoms with E-state index < -0.39 is 17.2 Å². The first-order valence-electron chi connectivity index (χ1n) is 7.48. The van der Waals surface area contributed by atoms with Crippen LogP contribution in [0.1, 0.15) is 23.1 Å². The molecule has 1 aliphatic heterocycles. The Labute approximate surface area is 138 Å². The van der Waals surface area contributed by atoms with Gasteiger partial charge in [-0.25, -0.2) is 0 Å². The number of carbonyl (C=O) groups is 1. The molecule has 2 nitrogen and oxygen atoms in total. The van der Waals surface area contributed by atoms with Crippen molar-refractivity contribution in [3.8, 4) is 0 Å². The molecule has 5 heteroatoms. The lowest BCUT2D eigenvalue weighted by atomic mass is 9.72. The maximum atomic E-state index is 13.0. The van der Waals surface area contributed by atoms with Crippen LogP contribution >= 0.6 is 0 Å². The van der Waals surface area contributed by atoms with Crippen molar-refractivity contribution >= 4 is 11.6 Å². The lowest BCUT2D eigenvalue weighted by molar-refractivity contribution is -0.137. The molecule has 1 amide bonds. The number of nitrogens with zero attached hydrogens (tertiary/aromatic N) is 1. The Kier molecular flexibility index (Phi) is 3.74. The summed E-state index contributed by atoms with van der Waals surface area (Å²) in [6.45, 7) is 3.73. The largest absolute Gasteiger partial charge is 0.416 e. The molecule has 24 heavy (non-hydrogen) atoms. The summed E-state index contributed by atoms with van der Waals surface area (Å²) >= 11 is 0. The molecule has 0 fully saturated rings. The number of alkyl halides is 3. The highest BCUT2D eigenvalue weighted by Crippen LogP contribution is 2.48. The Bertz CT molecular complexity index is 795. The van der Waals surface area contributed by atoms with Gasteiger partial charge in [-0.2, -0.15) is 13.2 Å². The van der Waals surface area contributed by atoms with Crippen molar-refractivity contribution in [3.05, 3.63) is 77.9 Å². The second-order valence-corrected chi connectivity index (χ2v) is 5.85. The van der Waals surface area contributed by atoms with Crippen LogP contribution in [-0.2, 0) is 16.4 Å². The molecule has 2 aromatic carbocycles. The van der Waals surface area contributed by atoms with Crippen molar-refractivity contribution in [1.29, 1.82) is 0 Å². The quantitative estimate of drug-likeness (QED) is 0.756. The van der Waals surface area contributed by atoms with Crippen molar-refractivity contribution in [3.63, 3.8) is 0 Å². The minimum atomic E-state index is -4.40. The van der Waals surface area contributed by atoms with E-state index in [9.17, 15) is 18.0 Å². The molecule has 3 rings (SSSR count). The van der Waals surface area contributed by atoms with Gasteiger partial charge in [0.25, 0.3) is 0 Å². The van der Waals surface area contributed by atoms with Gasteiger partial charge in [0, 0.05) is 12.7 Å². The van der Waals surface area contributed by atoms with Crippen LogP contribution in [0.5, 0.6) is 0 Å². The lowest BCUT2D eigenvalue weighted by Gasteiger charge is -2.28. The van der Waals surface area contributed by atoms with Crippen molar-refractivity contribution in [2.75, 3.05) is 11.9 Å². The molecule has 0 aromatic heterocycles. The molecule has 1 heterocycles. The molecule has 2 aromatic rings. The van der Waals surface area contributed by atoms with Crippen LogP contribution in [0, 0.1) is 0 Å². The van der Waals surface area contributed by atoms with Gasteiger partial charge in [0.05, 0.1) is 5.56 Å². The van der Waals surface area contributed by atoms with E-state index in [1.165, 1.54) is 12.1 Å². The molecule has 124 valence electrons. The van der Waals surface area contributed by atoms with Gasteiger partial charge in [0.2, 0.25) is 5.91 Å². The molecular weight excluding hydrogens is 315 g/mol. The second-order valence-electron chi connectivity index (χ2n) is 5.85. The average Bonchev–Trinajstić information content (AvgIpc) is 2.78. The Balaban J connectivity index is 2.20. The van der Waals surface area contributed by atoms with Gasteiger partial charge in [0.15, 0.2) is 0 Å². The monoisotopic (exact) mass is 331 g/mol. The summed E-state index contributed by atoms with van der Waals surface area (Å²) in [4.78, 5) is 14.6. The van der Waals surface area contributed by atoms with Crippen LogP contribution in [0.2, 0.25) is 0 Å². The number of benzene rings is 2. The van der Waals surface area contributed by atoms with E-state index in [4.69, 9.17) is 0 Å². The Morgan fingerprint density at radius 3 is 2.33 bits per heavy atom. The maximum absolute atomic E-state index is 13.0. The van der Waals surface area contributed by atoms with Crippen LogP contribution in [0.4, 0.5) is 18.9 Å². The van der Waals surface area contributed by atoms with E-state index in [-0.39, 0.29) is 5.91 Å². The summed E-state index contributed by atoms with van der Waals surface area (Å²) < 4.78 is 38.5. The van der Waals surface area contributed by atoms with Gasteiger partial charge in [-0.05, 0) is 35.7 Å². The van der Waals surface area contributed by atoms with Crippen molar-refractivity contribution in [1.82, 2.24) is 0 Å². The third-order valence-electron chi connectivity index (χ3n) is 4.55.